The van der Waals surface area contributed by atoms with Gasteiger partial charge in [0, 0.05) is 6.04 Å². The first-order chi connectivity index (χ1) is 7.22. The van der Waals surface area contributed by atoms with Crippen LogP contribution in [0.15, 0.2) is 0 Å². The van der Waals surface area contributed by atoms with Crippen LogP contribution in [-0.2, 0) is 4.79 Å². The molecule has 0 radical (unpaired) electrons. The highest BCUT2D eigenvalue weighted by molar-refractivity contribution is 6.02. The molecule has 1 heterocycles. The highest BCUT2D eigenvalue weighted by Gasteiger charge is 2.37. The van der Waals surface area contributed by atoms with Crippen molar-refractivity contribution < 1.29 is 9.59 Å². The van der Waals surface area contributed by atoms with Crippen molar-refractivity contribution in [2.45, 2.75) is 45.1 Å². The molecule has 1 N–H and O–H groups in total. The summed E-state index contributed by atoms with van der Waals surface area (Å²) in [5, 5.41) is 2.36. The average Bonchev–Trinajstić information content (AvgIpc) is 2.57. The molecule has 2 rings (SSSR count). The predicted octanol–water partition coefficient (Wildman–Crippen LogP) is 1.51. The first kappa shape index (κ1) is 10.5. The lowest BCUT2D eigenvalue weighted by Gasteiger charge is -2.36. The summed E-state index contributed by atoms with van der Waals surface area (Å²) < 4.78 is 0. The number of rotatable bonds is 2. The molecule has 3 amide bonds. The van der Waals surface area contributed by atoms with Crippen molar-refractivity contribution in [3.63, 3.8) is 0 Å². The van der Waals surface area contributed by atoms with Gasteiger partial charge in [-0.2, -0.15) is 0 Å². The fraction of sp³-hybridized carbons (Fsp3) is 0.818. The number of hydrogen-bond donors (Lipinski definition) is 1. The smallest absolute Gasteiger partial charge is 0.312 e. The molecular weight excluding hydrogens is 192 g/mol. The van der Waals surface area contributed by atoms with Crippen molar-refractivity contribution in [1.29, 1.82) is 0 Å². The Morgan fingerprint density at radius 3 is 2.67 bits per heavy atom. The Balaban J connectivity index is 2.07. The molecule has 1 aliphatic heterocycles. The van der Waals surface area contributed by atoms with E-state index in [-0.39, 0.29) is 24.5 Å². The maximum atomic E-state index is 11.5. The molecule has 2 unspecified atom stereocenters. The quantitative estimate of drug-likeness (QED) is 0.702. The molecule has 0 spiro atoms. The minimum absolute atomic E-state index is 0.152. The highest BCUT2D eigenvalue weighted by Crippen LogP contribution is 2.31. The third-order valence-corrected chi connectivity index (χ3v) is 3.61. The fourth-order valence-electron chi connectivity index (χ4n) is 2.80. The third-order valence-electron chi connectivity index (χ3n) is 3.61. The minimum atomic E-state index is -0.189. The van der Waals surface area contributed by atoms with E-state index in [4.69, 9.17) is 0 Å². The van der Waals surface area contributed by atoms with E-state index in [0.29, 0.717) is 5.92 Å². The van der Waals surface area contributed by atoms with Crippen LogP contribution >= 0.6 is 0 Å². The Bertz CT molecular complexity index is 278. The molecule has 2 fully saturated rings. The standard InChI is InChI=1S/C11H18N2O2/c1-2-8-5-3-4-6-9(8)13-7-10(14)12-11(13)15/h8-9H,2-7H2,1H3,(H,12,14,15). The number of imide groups is 1. The molecule has 84 valence electrons. The molecule has 1 saturated carbocycles. The van der Waals surface area contributed by atoms with E-state index in [2.05, 4.69) is 12.2 Å². The highest BCUT2D eigenvalue weighted by atomic mass is 16.2. The minimum Gasteiger partial charge on any atom is -0.312 e. The first-order valence-corrected chi connectivity index (χ1v) is 5.83. The Hall–Kier alpha value is -1.06. The normalized spacial score (nSPS) is 31.9. The van der Waals surface area contributed by atoms with E-state index >= 15 is 0 Å². The summed E-state index contributed by atoms with van der Waals surface area (Å²) >= 11 is 0. The van der Waals surface area contributed by atoms with Crippen LogP contribution in [0.2, 0.25) is 0 Å². The van der Waals surface area contributed by atoms with Gasteiger partial charge in [-0.05, 0) is 18.8 Å². The second-order valence-corrected chi connectivity index (χ2v) is 4.50. The van der Waals surface area contributed by atoms with Gasteiger partial charge in [-0.1, -0.05) is 26.2 Å². The zero-order valence-corrected chi connectivity index (χ0v) is 9.16. The summed E-state index contributed by atoms with van der Waals surface area (Å²) in [4.78, 5) is 24.4. The molecular formula is C11H18N2O2. The molecule has 1 saturated heterocycles. The maximum absolute atomic E-state index is 11.5. The van der Waals surface area contributed by atoms with Gasteiger partial charge in [-0.25, -0.2) is 4.79 Å². The number of nitrogens with one attached hydrogen (secondary N) is 1. The summed E-state index contributed by atoms with van der Waals surface area (Å²) in [5.74, 6) is 0.427. The third kappa shape index (κ3) is 1.98. The lowest BCUT2D eigenvalue weighted by Crippen LogP contribution is -2.44. The number of carbonyl (C=O) groups excluding carboxylic acids is 2. The zero-order chi connectivity index (χ0) is 10.8. The van der Waals surface area contributed by atoms with Crippen LogP contribution in [0.3, 0.4) is 0 Å². The number of carbonyl (C=O) groups is 2. The summed E-state index contributed by atoms with van der Waals surface area (Å²) in [7, 11) is 0. The monoisotopic (exact) mass is 210 g/mol. The first-order valence-electron chi connectivity index (χ1n) is 5.83. The topological polar surface area (TPSA) is 49.4 Å². The second kappa shape index (κ2) is 4.21. The molecule has 0 bridgehead atoms. The maximum Gasteiger partial charge on any atom is 0.324 e. The summed E-state index contributed by atoms with van der Waals surface area (Å²) in [6, 6.07) is 0.0977. The van der Waals surface area contributed by atoms with E-state index in [1.54, 1.807) is 4.90 Å². The molecule has 4 nitrogen and oxygen atoms in total. The van der Waals surface area contributed by atoms with Crippen LogP contribution in [0.5, 0.6) is 0 Å². The molecule has 4 heteroatoms. The second-order valence-electron chi connectivity index (χ2n) is 4.50. The number of urea groups is 1. The zero-order valence-electron chi connectivity index (χ0n) is 9.16. The van der Waals surface area contributed by atoms with Crippen LogP contribution in [0.1, 0.15) is 39.0 Å². The molecule has 0 aromatic heterocycles. The number of amides is 3. The Labute approximate surface area is 90.0 Å². The van der Waals surface area contributed by atoms with Gasteiger partial charge in [0.2, 0.25) is 5.91 Å². The summed E-state index contributed by atoms with van der Waals surface area (Å²) in [5.41, 5.74) is 0. The van der Waals surface area contributed by atoms with Crippen molar-refractivity contribution >= 4 is 11.9 Å². The van der Waals surface area contributed by atoms with E-state index in [9.17, 15) is 9.59 Å². The SMILES string of the molecule is CCC1CCCCC1N1CC(=O)NC1=O. The molecule has 0 aromatic rings. The van der Waals surface area contributed by atoms with Gasteiger partial charge >= 0.3 is 6.03 Å². The van der Waals surface area contributed by atoms with E-state index in [1.807, 2.05) is 0 Å². The van der Waals surface area contributed by atoms with Crippen molar-refractivity contribution in [1.82, 2.24) is 10.2 Å². The number of nitrogens with zero attached hydrogens (tertiary/aromatic N) is 1. The summed E-state index contributed by atoms with van der Waals surface area (Å²) in [6.45, 7) is 2.43. The fourth-order valence-corrected chi connectivity index (χ4v) is 2.80. The largest absolute Gasteiger partial charge is 0.324 e. The molecule has 1 aliphatic carbocycles. The van der Waals surface area contributed by atoms with Crippen LogP contribution < -0.4 is 5.32 Å². The van der Waals surface area contributed by atoms with E-state index < -0.39 is 0 Å². The molecule has 2 atom stereocenters. The molecule has 15 heavy (non-hydrogen) atoms. The Morgan fingerprint density at radius 1 is 1.33 bits per heavy atom. The molecule has 0 aromatic carbocycles. The van der Waals surface area contributed by atoms with Crippen molar-refractivity contribution in [2.75, 3.05) is 6.54 Å². The van der Waals surface area contributed by atoms with Crippen LogP contribution in [0.4, 0.5) is 4.79 Å². The van der Waals surface area contributed by atoms with Crippen molar-refractivity contribution in [2.24, 2.45) is 5.92 Å². The van der Waals surface area contributed by atoms with E-state index in [0.717, 1.165) is 12.8 Å². The molecule has 2 aliphatic rings. The van der Waals surface area contributed by atoms with Gasteiger partial charge in [0.15, 0.2) is 0 Å². The lowest BCUT2D eigenvalue weighted by molar-refractivity contribution is -0.118. The van der Waals surface area contributed by atoms with Gasteiger partial charge in [0.25, 0.3) is 0 Å². The van der Waals surface area contributed by atoms with Crippen molar-refractivity contribution in [3.8, 4) is 0 Å². The van der Waals surface area contributed by atoms with Gasteiger partial charge in [-0.3, -0.25) is 10.1 Å². The van der Waals surface area contributed by atoms with Gasteiger partial charge in [-0.15, -0.1) is 0 Å². The average molecular weight is 210 g/mol. The Morgan fingerprint density at radius 2 is 2.07 bits per heavy atom. The van der Waals surface area contributed by atoms with Gasteiger partial charge in [0.05, 0.1) is 0 Å². The van der Waals surface area contributed by atoms with Crippen molar-refractivity contribution in [3.05, 3.63) is 0 Å². The Kier molecular flexibility index (Phi) is 2.93. The van der Waals surface area contributed by atoms with Crippen LogP contribution in [-0.4, -0.2) is 29.4 Å². The van der Waals surface area contributed by atoms with E-state index in [1.165, 1.54) is 19.3 Å². The lowest BCUT2D eigenvalue weighted by atomic mass is 9.82. The van der Waals surface area contributed by atoms with Crippen LogP contribution in [0, 0.1) is 5.92 Å². The van der Waals surface area contributed by atoms with Gasteiger partial charge in [0.1, 0.15) is 6.54 Å². The number of hydrogen-bond acceptors (Lipinski definition) is 2. The van der Waals surface area contributed by atoms with Gasteiger partial charge < -0.3 is 4.90 Å². The van der Waals surface area contributed by atoms with Crippen LogP contribution in [0.25, 0.3) is 0 Å². The predicted molar refractivity (Wildman–Crippen MR) is 56.3 cm³/mol. The summed E-state index contributed by atoms with van der Waals surface area (Å²) in [6.07, 6.45) is 5.79.